The first-order valence-corrected chi connectivity index (χ1v) is 4.28. The van der Waals surface area contributed by atoms with Gasteiger partial charge in [-0.05, 0) is 25.3 Å². The molecule has 0 aromatic carbocycles. The molecule has 0 radical (unpaired) electrons. The summed E-state index contributed by atoms with van der Waals surface area (Å²) in [6.45, 7) is 8.42. The molecule has 0 fully saturated rings. The second-order valence-electron chi connectivity index (χ2n) is 3.24. The molecule has 0 spiro atoms. The highest BCUT2D eigenvalue weighted by Crippen LogP contribution is 2.25. The summed E-state index contributed by atoms with van der Waals surface area (Å²) in [5.74, 6) is 0. The minimum absolute atomic E-state index is 1.12. The highest BCUT2D eigenvalue weighted by atomic mass is 14.1. The zero-order chi connectivity index (χ0) is 8.27. The Labute approximate surface area is 69.3 Å². The second kappa shape index (κ2) is 3.56. The molecule has 0 bridgehead atoms. The number of rotatable bonds is 3. The maximum atomic E-state index is 4.06. The molecule has 0 saturated carbocycles. The van der Waals surface area contributed by atoms with Crippen molar-refractivity contribution >= 4 is 0 Å². The summed E-state index contributed by atoms with van der Waals surface area (Å²) < 4.78 is 0. The van der Waals surface area contributed by atoms with Gasteiger partial charge in [0.15, 0.2) is 0 Å². The number of hydrogen-bond donors (Lipinski definition) is 0. The minimum Gasteiger partial charge on any atom is -0.0955 e. The van der Waals surface area contributed by atoms with Crippen molar-refractivity contribution in [3.63, 3.8) is 0 Å². The Hall–Kier alpha value is -0.780. The molecule has 0 aromatic rings. The first-order valence-electron chi connectivity index (χ1n) is 4.28. The largest absolute Gasteiger partial charge is 0.0955 e. The van der Waals surface area contributed by atoms with Crippen LogP contribution in [-0.4, -0.2) is 0 Å². The first-order chi connectivity index (χ1) is 5.24. The van der Waals surface area contributed by atoms with Crippen LogP contribution in [0.1, 0.15) is 33.1 Å². The van der Waals surface area contributed by atoms with Crippen LogP contribution in [-0.2, 0) is 0 Å². The van der Waals surface area contributed by atoms with Gasteiger partial charge in [-0.1, -0.05) is 43.2 Å². The number of hydrogen-bond acceptors (Lipinski definition) is 0. The standard InChI is InChI=1S/C11H16/c1-4-5-10(3)11-7-6-9(2)8-11/h6-7H,3-5,8H2,1-2H3. The van der Waals surface area contributed by atoms with Crippen LogP contribution in [0, 0.1) is 0 Å². The van der Waals surface area contributed by atoms with Crippen LogP contribution in [0.15, 0.2) is 35.5 Å². The third-order valence-corrected chi connectivity index (χ3v) is 2.04. The van der Waals surface area contributed by atoms with E-state index in [0.29, 0.717) is 0 Å². The summed E-state index contributed by atoms with van der Waals surface area (Å²) in [5, 5.41) is 0. The van der Waals surface area contributed by atoms with Gasteiger partial charge in [-0.25, -0.2) is 0 Å². The summed E-state index contributed by atoms with van der Waals surface area (Å²) in [7, 11) is 0. The Balaban J connectivity index is 2.47. The van der Waals surface area contributed by atoms with E-state index in [1.165, 1.54) is 23.1 Å². The van der Waals surface area contributed by atoms with Gasteiger partial charge in [0.2, 0.25) is 0 Å². The quantitative estimate of drug-likeness (QED) is 0.573. The van der Waals surface area contributed by atoms with Crippen molar-refractivity contribution in [1.82, 2.24) is 0 Å². The van der Waals surface area contributed by atoms with Gasteiger partial charge in [0.1, 0.15) is 0 Å². The Kier molecular flexibility index (Phi) is 2.70. The van der Waals surface area contributed by atoms with Crippen LogP contribution in [0.3, 0.4) is 0 Å². The maximum absolute atomic E-state index is 4.06. The zero-order valence-electron chi connectivity index (χ0n) is 7.48. The highest BCUT2D eigenvalue weighted by Gasteiger charge is 2.06. The minimum atomic E-state index is 1.12. The molecule has 0 aromatic heterocycles. The lowest BCUT2D eigenvalue weighted by Crippen LogP contribution is -1.85. The van der Waals surface area contributed by atoms with E-state index in [2.05, 4.69) is 32.6 Å². The van der Waals surface area contributed by atoms with Gasteiger partial charge in [-0.3, -0.25) is 0 Å². The van der Waals surface area contributed by atoms with E-state index in [0.717, 1.165) is 12.8 Å². The molecule has 0 heterocycles. The molecule has 0 saturated heterocycles. The predicted molar refractivity (Wildman–Crippen MR) is 50.5 cm³/mol. The van der Waals surface area contributed by atoms with Crippen LogP contribution < -0.4 is 0 Å². The van der Waals surface area contributed by atoms with Gasteiger partial charge in [-0.15, -0.1) is 0 Å². The molecule has 0 unspecified atom stereocenters. The van der Waals surface area contributed by atoms with Crippen molar-refractivity contribution in [3.8, 4) is 0 Å². The van der Waals surface area contributed by atoms with Gasteiger partial charge in [0.25, 0.3) is 0 Å². The summed E-state index contributed by atoms with van der Waals surface area (Å²) in [6.07, 6.45) is 7.87. The van der Waals surface area contributed by atoms with Crippen molar-refractivity contribution in [1.29, 1.82) is 0 Å². The molecular formula is C11H16. The average molecular weight is 148 g/mol. The molecule has 1 aliphatic carbocycles. The third-order valence-electron chi connectivity index (χ3n) is 2.04. The van der Waals surface area contributed by atoms with Crippen LogP contribution >= 0.6 is 0 Å². The fourth-order valence-corrected chi connectivity index (χ4v) is 1.37. The molecule has 0 N–H and O–H groups in total. The van der Waals surface area contributed by atoms with Crippen LogP contribution in [0.25, 0.3) is 0 Å². The van der Waals surface area contributed by atoms with Gasteiger partial charge < -0.3 is 0 Å². The van der Waals surface area contributed by atoms with E-state index >= 15 is 0 Å². The summed E-state index contributed by atoms with van der Waals surface area (Å²) in [4.78, 5) is 0. The second-order valence-corrected chi connectivity index (χ2v) is 3.24. The Morgan fingerprint density at radius 1 is 1.55 bits per heavy atom. The van der Waals surface area contributed by atoms with Gasteiger partial charge in [0, 0.05) is 0 Å². The van der Waals surface area contributed by atoms with Crippen molar-refractivity contribution in [2.75, 3.05) is 0 Å². The van der Waals surface area contributed by atoms with Crippen LogP contribution in [0.5, 0.6) is 0 Å². The third kappa shape index (κ3) is 2.07. The molecule has 60 valence electrons. The topological polar surface area (TPSA) is 0 Å². The van der Waals surface area contributed by atoms with Gasteiger partial charge >= 0.3 is 0 Å². The molecule has 0 atom stereocenters. The molecule has 0 amide bonds. The van der Waals surface area contributed by atoms with Crippen molar-refractivity contribution in [2.24, 2.45) is 0 Å². The Morgan fingerprint density at radius 3 is 2.73 bits per heavy atom. The van der Waals surface area contributed by atoms with Crippen molar-refractivity contribution in [2.45, 2.75) is 33.1 Å². The average Bonchev–Trinajstić information content (AvgIpc) is 2.36. The highest BCUT2D eigenvalue weighted by molar-refractivity contribution is 5.40. The first kappa shape index (κ1) is 8.32. The van der Waals surface area contributed by atoms with E-state index in [4.69, 9.17) is 0 Å². The Morgan fingerprint density at radius 2 is 2.27 bits per heavy atom. The zero-order valence-corrected chi connectivity index (χ0v) is 7.48. The molecule has 0 heteroatoms. The normalized spacial score (nSPS) is 16.2. The molecule has 11 heavy (non-hydrogen) atoms. The van der Waals surface area contributed by atoms with Crippen LogP contribution in [0.4, 0.5) is 0 Å². The molecule has 0 aliphatic heterocycles. The molecule has 1 aliphatic rings. The smallest absolute Gasteiger partial charge is 0.00642 e. The lowest BCUT2D eigenvalue weighted by atomic mass is 10.0. The monoisotopic (exact) mass is 148 g/mol. The fraction of sp³-hybridized carbons (Fsp3) is 0.455. The maximum Gasteiger partial charge on any atom is -0.00642 e. The molecular weight excluding hydrogens is 132 g/mol. The fourth-order valence-electron chi connectivity index (χ4n) is 1.37. The van der Waals surface area contributed by atoms with Gasteiger partial charge in [0.05, 0.1) is 0 Å². The summed E-state index contributed by atoms with van der Waals surface area (Å²) in [5.41, 5.74) is 4.21. The lowest BCUT2D eigenvalue weighted by Gasteiger charge is -2.04. The van der Waals surface area contributed by atoms with E-state index in [-0.39, 0.29) is 0 Å². The molecule has 0 nitrogen and oxygen atoms in total. The summed E-state index contributed by atoms with van der Waals surface area (Å²) in [6, 6.07) is 0. The van der Waals surface area contributed by atoms with Crippen molar-refractivity contribution in [3.05, 3.63) is 35.5 Å². The Bertz CT molecular complexity index is 216. The van der Waals surface area contributed by atoms with E-state index < -0.39 is 0 Å². The van der Waals surface area contributed by atoms with Crippen molar-refractivity contribution < 1.29 is 0 Å². The SMILES string of the molecule is C=C(CCC)C1=CC=C(C)C1. The van der Waals surface area contributed by atoms with E-state index in [1.54, 1.807) is 0 Å². The number of allylic oxidation sites excluding steroid dienone is 5. The molecule has 1 rings (SSSR count). The van der Waals surface area contributed by atoms with Crippen LogP contribution in [0.2, 0.25) is 0 Å². The predicted octanol–water partition coefficient (Wildman–Crippen LogP) is 3.62. The van der Waals surface area contributed by atoms with E-state index in [1.807, 2.05) is 0 Å². The summed E-state index contributed by atoms with van der Waals surface area (Å²) >= 11 is 0. The van der Waals surface area contributed by atoms with Gasteiger partial charge in [-0.2, -0.15) is 0 Å². The lowest BCUT2D eigenvalue weighted by molar-refractivity contribution is 0.905. The van der Waals surface area contributed by atoms with E-state index in [9.17, 15) is 0 Å².